The minimum absolute atomic E-state index is 0.168. The fraction of sp³-hybridized carbons (Fsp3) is 0.652. The lowest BCUT2D eigenvalue weighted by atomic mass is 10.0. The van der Waals surface area contributed by atoms with Gasteiger partial charge in [0.05, 0.1) is 0 Å². The van der Waals surface area contributed by atoms with Gasteiger partial charge in [0.25, 0.3) is 0 Å². The Labute approximate surface area is 161 Å². The molecule has 4 saturated carbocycles. The van der Waals surface area contributed by atoms with Crippen molar-refractivity contribution in [2.75, 3.05) is 10.6 Å². The molecule has 2 N–H and O–H groups in total. The number of hydrogen-bond acceptors (Lipinski definition) is 2. The molecule has 4 nitrogen and oxygen atoms in total. The van der Waals surface area contributed by atoms with Crippen molar-refractivity contribution in [2.24, 2.45) is 35.5 Å². The summed E-state index contributed by atoms with van der Waals surface area (Å²) in [5.41, 5.74) is 2.69. The summed E-state index contributed by atoms with van der Waals surface area (Å²) >= 11 is 0. The third-order valence-electron chi connectivity index (χ3n) is 7.68. The summed E-state index contributed by atoms with van der Waals surface area (Å²) in [6.07, 6.45) is 9.93. The number of hydrogen-bond donors (Lipinski definition) is 2. The van der Waals surface area contributed by atoms with Crippen LogP contribution in [-0.2, 0) is 9.59 Å². The van der Waals surface area contributed by atoms with Crippen molar-refractivity contribution in [2.45, 2.75) is 58.3 Å². The molecule has 1 unspecified atom stereocenters. The second-order valence-corrected chi connectivity index (χ2v) is 9.28. The second kappa shape index (κ2) is 6.65. The minimum Gasteiger partial charge on any atom is -0.326 e. The van der Waals surface area contributed by atoms with E-state index in [2.05, 4.69) is 10.6 Å². The van der Waals surface area contributed by atoms with E-state index in [0.717, 1.165) is 16.9 Å². The van der Waals surface area contributed by atoms with E-state index >= 15 is 0 Å². The Balaban J connectivity index is 1.23. The fourth-order valence-electron chi connectivity index (χ4n) is 6.04. The highest BCUT2D eigenvalue weighted by atomic mass is 16.2. The first-order valence-corrected chi connectivity index (χ1v) is 10.9. The molecule has 0 spiro atoms. The van der Waals surface area contributed by atoms with Gasteiger partial charge in [0.2, 0.25) is 11.8 Å². The van der Waals surface area contributed by atoms with Crippen molar-refractivity contribution in [1.29, 1.82) is 0 Å². The Morgan fingerprint density at radius 3 is 1.78 bits per heavy atom. The van der Waals surface area contributed by atoms with E-state index in [4.69, 9.17) is 0 Å². The van der Waals surface area contributed by atoms with E-state index in [1.54, 1.807) is 0 Å². The van der Waals surface area contributed by atoms with Gasteiger partial charge in [-0.05, 0) is 74.0 Å². The van der Waals surface area contributed by atoms with E-state index in [9.17, 15) is 9.59 Å². The highest BCUT2D eigenvalue weighted by Crippen LogP contribution is 2.56. The molecule has 0 aromatic heterocycles. The van der Waals surface area contributed by atoms with Gasteiger partial charge in [-0.25, -0.2) is 0 Å². The van der Waals surface area contributed by atoms with E-state index < -0.39 is 0 Å². The summed E-state index contributed by atoms with van der Waals surface area (Å²) in [5, 5.41) is 6.25. The van der Waals surface area contributed by atoms with E-state index in [1.807, 2.05) is 25.1 Å². The van der Waals surface area contributed by atoms with E-state index in [1.165, 1.54) is 51.4 Å². The van der Waals surface area contributed by atoms with Gasteiger partial charge >= 0.3 is 0 Å². The van der Waals surface area contributed by atoms with Crippen LogP contribution in [0.3, 0.4) is 0 Å². The van der Waals surface area contributed by atoms with Crippen LogP contribution in [0.15, 0.2) is 18.2 Å². The molecule has 0 saturated heterocycles. The molecule has 0 aliphatic heterocycles. The summed E-state index contributed by atoms with van der Waals surface area (Å²) in [5.74, 6) is 3.21. The first kappa shape index (κ1) is 17.3. The number of anilines is 2. The van der Waals surface area contributed by atoms with Gasteiger partial charge in [-0.2, -0.15) is 0 Å². The van der Waals surface area contributed by atoms with Crippen molar-refractivity contribution in [3.05, 3.63) is 23.8 Å². The third-order valence-corrected chi connectivity index (χ3v) is 7.68. The molecule has 27 heavy (non-hydrogen) atoms. The lowest BCUT2D eigenvalue weighted by molar-refractivity contribution is -0.118. The van der Waals surface area contributed by atoms with Gasteiger partial charge in [-0.15, -0.1) is 0 Å². The van der Waals surface area contributed by atoms with Crippen molar-refractivity contribution in [3.8, 4) is 0 Å². The molecule has 4 fully saturated rings. The minimum atomic E-state index is 0.168. The molecule has 4 aliphatic carbocycles. The second-order valence-electron chi connectivity index (χ2n) is 9.28. The number of nitrogens with one attached hydrogen (secondary N) is 2. The monoisotopic (exact) mass is 366 g/mol. The number of amides is 2. The predicted octanol–water partition coefficient (Wildman–Crippen LogP) is 4.74. The first-order valence-electron chi connectivity index (χ1n) is 10.9. The van der Waals surface area contributed by atoms with Gasteiger partial charge in [0.1, 0.15) is 0 Å². The molecular weight excluding hydrogens is 336 g/mol. The maximum Gasteiger partial charge on any atom is 0.228 e. The van der Waals surface area contributed by atoms with Crippen molar-refractivity contribution in [1.82, 2.24) is 0 Å². The topological polar surface area (TPSA) is 58.2 Å². The Morgan fingerprint density at radius 1 is 0.778 bits per heavy atom. The van der Waals surface area contributed by atoms with Crippen molar-refractivity contribution >= 4 is 23.2 Å². The Morgan fingerprint density at radius 2 is 1.26 bits per heavy atom. The number of carbonyl (C=O) groups is 2. The molecule has 4 aliphatic rings. The SMILES string of the molecule is Cc1ccc(NC(=O)C2[C@H]3CCCC[C@@H]23)cc1NC(=O)C1[C@@H]2CCCC[C@@H]12. The molecule has 2 amide bonds. The summed E-state index contributed by atoms with van der Waals surface area (Å²) < 4.78 is 0. The summed E-state index contributed by atoms with van der Waals surface area (Å²) in [7, 11) is 0. The summed E-state index contributed by atoms with van der Waals surface area (Å²) in [4.78, 5) is 25.4. The van der Waals surface area contributed by atoms with E-state index in [0.29, 0.717) is 23.7 Å². The van der Waals surface area contributed by atoms with Gasteiger partial charge in [0, 0.05) is 23.2 Å². The summed E-state index contributed by atoms with van der Waals surface area (Å²) in [6.45, 7) is 2.01. The molecule has 144 valence electrons. The number of carbonyl (C=O) groups excluding carboxylic acids is 2. The van der Waals surface area contributed by atoms with Crippen LogP contribution in [0.5, 0.6) is 0 Å². The molecule has 0 heterocycles. The Hall–Kier alpha value is -1.84. The van der Waals surface area contributed by atoms with Crippen molar-refractivity contribution in [3.63, 3.8) is 0 Å². The Bertz CT molecular complexity index is 750. The van der Waals surface area contributed by atoms with Gasteiger partial charge < -0.3 is 10.6 Å². The van der Waals surface area contributed by atoms with Crippen LogP contribution in [0.2, 0.25) is 0 Å². The zero-order chi connectivity index (χ0) is 18.5. The van der Waals surface area contributed by atoms with E-state index in [-0.39, 0.29) is 23.7 Å². The Kier molecular flexibility index (Phi) is 4.25. The zero-order valence-electron chi connectivity index (χ0n) is 16.2. The molecule has 5 atom stereocenters. The molecule has 1 aromatic carbocycles. The number of benzene rings is 1. The largest absolute Gasteiger partial charge is 0.326 e. The first-order chi connectivity index (χ1) is 13.1. The third kappa shape index (κ3) is 3.17. The van der Waals surface area contributed by atoms with Crippen LogP contribution >= 0.6 is 0 Å². The van der Waals surface area contributed by atoms with Crippen LogP contribution in [0.25, 0.3) is 0 Å². The molecule has 5 rings (SSSR count). The maximum atomic E-state index is 12.7. The molecule has 4 heteroatoms. The zero-order valence-corrected chi connectivity index (χ0v) is 16.2. The maximum absolute atomic E-state index is 12.7. The average Bonchev–Trinajstić information content (AvgIpc) is 3.56. The number of aryl methyl sites for hydroxylation is 1. The van der Waals surface area contributed by atoms with Crippen LogP contribution in [0, 0.1) is 42.4 Å². The molecule has 1 aromatic rings. The van der Waals surface area contributed by atoms with Crippen LogP contribution < -0.4 is 10.6 Å². The van der Waals surface area contributed by atoms with Crippen LogP contribution in [0.1, 0.15) is 56.9 Å². The van der Waals surface area contributed by atoms with Crippen LogP contribution in [0.4, 0.5) is 11.4 Å². The lowest BCUT2D eigenvalue weighted by Crippen LogP contribution is -2.18. The smallest absolute Gasteiger partial charge is 0.228 e. The number of fused-ring (bicyclic) bond motifs is 2. The number of rotatable bonds is 4. The summed E-state index contributed by atoms with van der Waals surface area (Å²) in [6, 6.07) is 5.88. The normalized spacial score (nSPS) is 36.2. The van der Waals surface area contributed by atoms with Crippen LogP contribution in [-0.4, -0.2) is 11.8 Å². The van der Waals surface area contributed by atoms with Gasteiger partial charge in [0.15, 0.2) is 0 Å². The predicted molar refractivity (Wildman–Crippen MR) is 106 cm³/mol. The molecule has 0 radical (unpaired) electrons. The van der Waals surface area contributed by atoms with Gasteiger partial charge in [-0.3, -0.25) is 9.59 Å². The lowest BCUT2D eigenvalue weighted by Gasteiger charge is -2.12. The quantitative estimate of drug-likeness (QED) is 0.808. The molecular formula is C23H30N2O2. The van der Waals surface area contributed by atoms with Gasteiger partial charge in [-0.1, -0.05) is 31.7 Å². The fourth-order valence-corrected chi connectivity index (χ4v) is 6.04. The molecule has 0 bridgehead atoms. The average molecular weight is 367 g/mol. The highest BCUT2D eigenvalue weighted by molar-refractivity contribution is 5.98. The standard InChI is InChI=1S/C23H30N2O2/c1-13-10-11-14(24-22(26)20-15-6-2-3-7-16(15)20)12-19(13)25-23(27)21-17-8-4-5-9-18(17)21/h10-12,15-18,20-21H,2-9H2,1H3,(H,24,26)(H,25,27)/t15-,16+,17-,18-,20?/m1/s1. The van der Waals surface area contributed by atoms with Crippen molar-refractivity contribution < 1.29 is 9.59 Å². The highest BCUT2D eigenvalue weighted by Gasteiger charge is 2.55.